The molecule has 0 aliphatic rings. The molecular weight excluding hydrogens is 230 g/mol. The summed E-state index contributed by atoms with van der Waals surface area (Å²) in [7, 11) is 0. The maximum atomic E-state index is 11.6. The molecule has 102 valence electrons. The Balaban J connectivity index is 2.36. The van der Waals surface area contributed by atoms with Crippen LogP contribution in [0.1, 0.15) is 58.7 Å². The van der Waals surface area contributed by atoms with Crippen LogP contribution >= 0.6 is 0 Å². The average molecular weight is 253 g/mol. The summed E-state index contributed by atoms with van der Waals surface area (Å²) in [6, 6.07) is 0.694. The smallest absolute Gasteiger partial charge is 0.321 e. The van der Waals surface area contributed by atoms with Gasteiger partial charge in [-0.25, -0.2) is 0 Å². The van der Waals surface area contributed by atoms with Crippen LogP contribution in [-0.4, -0.2) is 22.0 Å². The quantitative estimate of drug-likeness (QED) is 0.685. The molecule has 0 aromatic carbocycles. The van der Waals surface area contributed by atoms with Crippen LogP contribution in [0.5, 0.6) is 0 Å². The van der Waals surface area contributed by atoms with Crippen molar-refractivity contribution in [1.82, 2.24) is 10.1 Å². The molecule has 1 aromatic heterocycles. The molecule has 1 rings (SSSR count). The van der Waals surface area contributed by atoms with E-state index in [9.17, 15) is 4.79 Å². The van der Waals surface area contributed by atoms with Crippen LogP contribution in [-0.2, 0) is 11.2 Å². The topological polar surface area (TPSA) is 68.0 Å². The van der Waals surface area contributed by atoms with Gasteiger partial charge in [-0.05, 0) is 19.8 Å². The summed E-state index contributed by atoms with van der Waals surface area (Å²) >= 11 is 0. The average Bonchev–Trinajstić information content (AvgIpc) is 2.76. The Kier molecular flexibility index (Phi) is 6.39. The first-order chi connectivity index (χ1) is 8.65. The molecule has 0 fully saturated rings. The molecule has 5 nitrogen and oxygen atoms in total. The standard InChI is InChI=1S/C13H23N3O2/c1-4-6-7-8-11(17)9-12-15-13(18-16-12)14-10(3)5-2/h10H,4-9H2,1-3H3,(H,14,15,16). The number of anilines is 1. The minimum atomic E-state index is 0.180. The van der Waals surface area contributed by atoms with Gasteiger partial charge in [0.15, 0.2) is 5.82 Å². The molecule has 5 heteroatoms. The fourth-order valence-corrected chi connectivity index (χ4v) is 1.53. The Morgan fingerprint density at radius 2 is 2.17 bits per heavy atom. The van der Waals surface area contributed by atoms with E-state index in [4.69, 9.17) is 4.52 Å². The van der Waals surface area contributed by atoms with Crippen LogP contribution in [0.2, 0.25) is 0 Å². The number of unbranched alkanes of at least 4 members (excludes halogenated alkanes) is 2. The molecule has 1 aromatic rings. The molecule has 0 amide bonds. The van der Waals surface area contributed by atoms with Crippen molar-refractivity contribution >= 4 is 11.8 Å². The van der Waals surface area contributed by atoms with Gasteiger partial charge in [-0.3, -0.25) is 4.79 Å². The van der Waals surface area contributed by atoms with E-state index >= 15 is 0 Å². The van der Waals surface area contributed by atoms with Gasteiger partial charge in [-0.15, -0.1) is 0 Å². The van der Waals surface area contributed by atoms with E-state index < -0.39 is 0 Å². The molecule has 1 heterocycles. The van der Waals surface area contributed by atoms with Gasteiger partial charge in [0.2, 0.25) is 0 Å². The summed E-state index contributed by atoms with van der Waals surface area (Å²) in [4.78, 5) is 15.8. The molecule has 0 aliphatic heterocycles. The molecule has 0 bridgehead atoms. The molecule has 1 N–H and O–H groups in total. The first kappa shape index (κ1) is 14.7. The van der Waals surface area contributed by atoms with Gasteiger partial charge in [-0.1, -0.05) is 31.8 Å². The summed E-state index contributed by atoms with van der Waals surface area (Å²) < 4.78 is 5.04. The van der Waals surface area contributed by atoms with E-state index in [1.165, 1.54) is 0 Å². The summed E-state index contributed by atoms with van der Waals surface area (Å²) in [6.07, 6.45) is 5.03. The van der Waals surface area contributed by atoms with Gasteiger partial charge in [0.05, 0.1) is 6.42 Å². The number of ketones is 1. The van der Waals surface area contributed by atoms with E-state index in [0.717, 1.165) is 25.7 Å². The number of Topliss-reactive ketones (excluding diaryl/α,β-unsaturated/α-hetero) is 1. The maximum absolute atomic E-state index is 11.6. The Morgan fingerprint density at radius 3 is 2.83 bits per heavy atom. The Hall–Kier alpha value is -1.39. The van der Waals surface area contributed by atoms with E-state index in [0.29, 0.717) is 24.3 Å². The van der Waals surface area contributed by atoms with Gasteiger partial charge in [0.1, 0.15) is 5.78 Å². The number of nitrogens with one attached hydrogen (secondary N) is 1. The van der Waals surface area contributed by atoms with Crippen molar-refractivity contribution in [3.8, 4) is 0 Å². The Labute approximate surface area is 108 Å². The zero-order valence-electron chi connectivity index (χ0n) is 11.5. The van der Waals surface area contributed by atoms with Gasteiger partial charge in [0, 0.05) is 12.5 Å². The number of nitrogens with zero attached hydrogens (tertiary/aromatic N) is 2. The normalized spacial score (nSPS) is 12.4. The van der Waals surface area contributed by atoms with Crippen molar-refractivity contribution in [3.63, 3.8) is 0 Å². The Bertz CT molecular complexity index is 363. The van der Waals surface area contributed by atoms with Crippen molar-refractivity contribution < 1.29 is 9.32 Å². The van der Waals surface area contributed by atoms with E-state index in [-0.39, 0.29) is 12.2 Å². The zero-order chi connectivity index (χ0) is 13.4. The van der Waals surface area contributed by atoms with Crippen LogP contribution < -0.4 is 5.32 Å². The molecule has 18 heavy (non-hydrogen) atoms. The highest BCUT2D eigenvalue weighted by atomic mass is 16.5. The molecule has 1 unspecified atom stereocenters. The summed E-state index contributed by atoms with van der Waals surface area (Å²) in [5.74, 6) is 0.654. The fraction of sp³-hybridized carbons (Fsp3) is 0.769. The van der Waals surface area contributed by atoms with E-state index in [2.05, 4.69) is 29.3 Å². The maximum Gasteiger partial charge on any atom is 0.321 e. The van der Waals surface area contributed by atoms with Crippen LogP contribution in [0.15, 0.2) is 4.52 Å². The highest BCUT2D eigenvalue weighted by Gasteiger charge is 2.11. The van der Waals surface area contributed by atoms with Crippen LogP contribution in [0.4, 0.5) is 6.01 Å². The molecule has 0 saturated heterocycles. The molecule has 0 spiro atoms. The largest absolute Gasteiger partial charge is 0.335 e. The lowest BCUT2D eigenvalue weighted by Gasteiger charge is -2.06. The number of carbonyl (C=O) groups is 1. The third kappa shape index (κ3) is 5.29. The van der Waals surface area contributed by atoms with Crippen LogP contribution in [0.25, 0.3) is 0 Å². The predicted octanol–water partition coefficient (Wildman–Crippen LogP) is 2.97. The second-order valence-corrected chi connectivity index (χ2v) is 4.64. The SMILES string of the molecule is CCCCCC(=O)Cc1noc(NC(C)CC)n1. The third-order valence-corrected chi connectivity index (χ3v) is 2.86. The van der Waals surface area contributed by atoms with Crippen molar-refractivity contribution in [2.45, 2.75) is 65.3 Å². The lowest BCUT2D eigenvalue weighted by molar-refractivity contribution is -0.118. The van der Waals surface area contributed by atoms with Crippen molar-refractivity contribution in [1.29, 1.82) is 0 Å². The van der Waals surface area contributed by atoms with E-state index in [1.807, 2.05) is 6.92 Å². The van der Waals surface area contributed by atoms with Crippen LogP contribution in [0, 0.1) is 0 Å². The Morgan fingerprint density at radius 1 is 1.39 bits per heavy atom. The predicted molar refractivity (Wildman–Crippen MR) is 70.5 cm³/mol. The first-order valence-electron chi connectivity index (χ1n) is 6.76. The summed E-state index contributed by atoms with van der Waals surface area (Å²) in [5.41, 5.74) is 0. The highest BCUT2D eigenvalue weighted by molar-refractivity contribution is 5.80. The number of carbonyl (C=O) groups excluding carboxylic acids is 1. The zero-order valence-corrected chi connectivity index (χ0v) is 11.5. The minimum absolute atomic E-state index is 0.180. The monoisotopic (exact) mass is 253 g/mol. The second kappa shape index (κ2) is 7.84. The lowest BCUT2D eigenvalue weighted by atomic mass is 10.1. The molecule has 0 saturated carbocycles. The van der Waals surface area contributed by atoms with Gasteiger partial charge >= 0.3 is 6.01 Å². The number of rotatable bonds is 9. The van der Waals surface area contributed by atoms with Gasteiger partial charge in [-0.2, -0.15) is 4.98 Å². The number of hydrogen-bond acceptors (Lipinski definition) is 5. The fourth-order valence-electron chi connectivity index (χ4n) is 1.53. The van der Waals surface area contributed by atoms with Crippen molar-refractivity contribution in [3.05, 3.63) is 5.82 Å². The first-order valence-corrected chi connectivity index (χ1v) is 6.76. The van der Waals surface area contributed by atoms with Gasteiger partial charge in [0.25, 0.3) is 0 Å². The second-order valence-electron chi connectivity index (χ2n) is 4.64. The van der Waals surface area contributed by atoms with E-state index in [1.54, 1.807) is 0 Å². The minimum Gasteiger partial charge on any atom is -0.335 e. The van der Waals surface area contributed by atoms with Crippen molar-refractivity contribution in [2.75, 3.05) is 5.32 Å². The summed E-state index contributed by atoms with van der Waals surface area (Å²) in [6.45, 7) is 6.24. The molecule has 0 radical (unpaired) electrons. The third-order valence-electron chi connectivity index (χ3n) is 2.86. The number of aromatic nitrogens is 2. The lowest BCUT2D eigenvalue weighted by Crippen LogP contribution is -2.13. The highest BCUT2D eigenvalue weighted by Crippen LogP contribution is 2.09. The van der Waals surface area contributed by atoms with Crippen molar-refractivity contribution in [2.24, 2.45) is 0 Å². The molecular formula is C13H23N3O2. The number of hydrogen-bond donors (Lipinski definition) is 1. The van der Waals surface area contributed by atoms with Crippen LogP contribution in [0.3, 0.4) is 0 Å². The summed E-state index contributed by atoms with van der Waals surface area (Å²) in [5, 5.41) is 6.89. The molecule has 1 atom stereocenters. The molecule has 0 aliphatic carbocycles. The van der Waals surface area contributed by atoms with Gasteiger partial charge < -0.3 is 9.84 Å².